The minimum absolute atomic E-state index is 0. The standard InChI is InChI=1S/C18H26F2N4O2.HI/c1-3-26-18(25)24-8-6-14(7-9-24)23-17(21)22-11-12(2)15-5-4-13(19)10-16(15)20;/h4-5,10,12,14H,3,6-9,11H2,1-2H3,(H3,21,22,23);1H. The molecule has 152 valence electrons. The molecule has 0 saturated carbocycles. The summed E-state index contributed by atoms with van der Waals surface area (Å²) >= 11 is 0. The highest BCUT2D eigenvalue weighted by Crippen LogP contribution is 2.20. The van der Waals surface area contributed by atoms with Gasteiger partial charge in [-0.1, -0.05) is 13.0 Å². The Morgan fingerprint density at radius 3 is 2.67 bits per heavy atom. The second-order valence-corrected chi connectivity index (χ2v) is 6.40. The number of nitrogens with two attached hydrogens (primary N) is 1. The van der Waals surface area contributed by atoms with Crippen LogP contribution < -0.4 is 11.1 Å². The molecule has 1 aromatic carbocycles. The number of halogens is 3. The highest BCUT2D eigenvalue weighted by molar-refractivity contribution is 14.0. The van der Waals surface area contributed by atoms with E-state index in [2.05, 4.69) is 10.3 Å². The molecule has 27 heavy (non-hydrogen) atoms. The highest BCUT2D eigenvalue weighted by Gasteiger charge is 2.23. The van der Waals surface area contributed by atoms with Crippen molar-refractivity contribution in [2.45, 2.75) is 38.6 Å². The summed E-state index contributed by atoms with van der Waals surface area (Å²) in [5.74, 6) is -1.11. The zero-order valence-electron chi connectivity index (χ0n) is 15.6. The first-order valence-corrected chi connectivity index (χ1v) is 8.83. The molecular formula is C18H27F2IN4O2. The maximum atomic E-state index is 13.8. The normalized spacial score (nSPS) is 16.4. The molecule has 1 fully saturated rings. The first-order chi connectivity index (χ1) is 12.4. The van der Waals surface area contributed by atoms with Crippen molar-refractivity contribution in [2.24, 2.45) is 10.7 Å². The Kier molecular flexibility index (Phi) is 9.75. The van der Waals surface area contributed by atoms with Gasteiger partial charge in [0.1, 0.15) is 11.6 Å². The molecule has 2 rings (SSSR count). The lowest BCUT2D eigenvalue weighted by atomic mass is 10.0. The van der Waals surface area contributed by atoms with Gasteiger partial charge in [0.05, 0.1) is 6.61 Å². The Bertz CT molecular complexity index is 652. The molecule has 1 aromatic rings. The third-order valence-electron chi connectivity index (χ3n) is 4.40. The number of nitrogens with zero attached hydrogens (tertiary/aromatic N) is 2. The highest BCUT2D eigenvalue weighted by atomic mass is 127. The second-order valence-electron chi connectivity index (χ2n) is 6.40. The fourth-order valence-corrected chi connectivity index (χ4v) is 2.91. The van der Waals surface area contributed by atoms with Crippen LogP contribution in [0.25, 0.3) is 0 Å². The van der Waals surface area contributed by atoms with E-state index in [9.17, 15) is 13.6 Å². The number of hydrogen-bond acceptors (Lipinski definition) is 3. The molecule has 0 aromatic heterocycles. The predicted molar refractivity (Wildman–Crippen MR) is 111 cm³/mol. The quantitative estimate of drug-likeness (QED) is 0.373. The van der Waals surface area contributed by atoms with Crippen molar-refractivity contribution in [3.63, 3.8) is 0 Å². The monoisotopic (exact) mass is 496 g/mol. The van der Waals surface area contributed by atoms with Crippen molar-refractivity contribution in [1.82, 2.24) is 10.2 Å². The van der Waals surface area contributed by atoms with E-state index in [4.69, 9.17) is 10.5 Å². The number of benzene rings is 1. The molecule has 1 unspecified atom stereocenters. The van der Waals surface area contributed by atoms with E-state index in [1.807, 2.05) is 6.92 Å². The number of carbonyl (C=O) groups is 1. The number of ether oxygens (including phenoxy) is 1. The molecule has 0 spiro atoms. The van der Waals surface area contributed by atoms with Crippen LogP contribution in [0.5, 0.6) is 0 Å². The maximum absolute atomic E-state index is 13.8. The van der Waals surface area contributed by atoms with Crippen LogP contribution in [0.2, 0.25) is 0 Å². The Hall–Kier alpha value is -1.65. The van der Waals surface area contributed by atoms with Gasteiger partial charge in [0, 0.05) is 37.7 Å². The van der Waals surface area contributed by atoms with Gasteiger partial charge in [-0.15, -0.1) is 24.0 Å². The third kappa shape index (κ3) is 7.11. The Morgan fingerprint density at radius 1 is 1.41 bits per heavy atom. The number of amides is 1. The van der Waals surface area contributed by atoms with Gasteiger partial charge in [-0.25, -0.2) is 13.6 Å². The molecule has 1 saturated heterocycles. The lowest BCUT2D eigenvalue weighted by Crippen LogP contribution is -2.48. The summed E-state index contributed by atoms with van der Waals surface area (Å²) in [6.45, 7) is 5.45. The zero-order chi connectivity index (χ0) is 19.1. The summed E-state index contributed by atoms with van der Waals surface area (Å²) < 4.78 is 31.7. The van der Waals surface area contributed by atoms with Gasteiger partial charge in [0.2, 0.25) is 0 Å². The van der Waals surface area contributed by atoms with E-state index < -0.39 is 11.6 Å². The average Bonchev–Trinajstić information content (AvgIpc) is 2.60. The summed E-state index contributed by atoms with van der Waals surface area (Å²) in [4.78, 5) is 17.6. The van der Waals surface area contributed by atoms with Crippen molar-refractivity contribution in [3.8, 4) is 0 Å². The molecule has 1 heterocycles. The maximum Gasteiger partial charge on any atom is 0.409 e. The lowest BCUT2D eigenvalue weighted by Gasteiger charge is -2.31. The number of aliphatic imine (C=N–C) groups is 1. The van der Waals surface area contributed by atoms with Crippen LogP contribution in [0.3, 0.4) is 0 Å². The van der Waals surface area contributed by atoms with Gasteiger partial charge in [-0.2, -0.15) is 0 Å². The summed E-state index contributed by atoms with van der Waals surface area (Å²) in [6, 6.07) is 3.66. The van der Waals surface area contributed by atoms with E-state index in [0.717, 1.165) is 18.9 Å². The van der Waals surface area contributed by atoms with Crippen LogP contribution in [0, 0.1) is 11.6 Å². The van der Waals surface area contributed by atoms with Crippen molar-refractivity contribution in [1.29, 1.82) is 0 Å². The van der Waals surface area contributed by atoms with Crippen molar-refractivity contribution in [2.75, 3.05) is 26.2 Å². The number of nitrogens with one attached hydrogen (secondary N) is 1. The molecule has 1 aliphatic heterocycles. The molecule has 1 atom stereocenters. The predicted octanol–water partition coefficient (Wildman–Crippen LogP) is 3.21. The fraction of sp³-hybridized carbons (Fsp3) is 0.556. The number of hydrogen-bond donors (Lipinski definition) is 2. The zero-order valence-corrected chi connectivity index (χ0v) is 17.9. The first kappa shape index (κ1) is 23.4. The molecule has 0 bridgehead atoms. The fourth-order valence-electron chi connectivity index (χ4n) is 2.91. The van der Waals surface area contributed by atoms with Gasteiger partial charge in [0.25, 0.3) is 0 Å². The van der Waals surface area contributed by atoms with E-state index in [-0.39, 0.29) is 48.0 Å². The van der Waals surface area contributed by atoms with Gasteiger partial charge in [0.15, 0.2) is 5.96 Å². The Morgan fingerprint density at radius 2 is 2.07 bits per heavy atom. The van der Waals surface area contributed by atoms with Gasteiger partial charge in [-0.05, 0) is 31.4 Å². The van der Waals surface area contributed by atoms with Gasteiger partial charge < -0.3 is 20.7 Å². The van der Waals surface area contributed by atoms with Crippen molar-refractivity contribution < 1.29 is 18.3 Å². The van der Waals surface area contributed by atoms with Crippen LogP contribution >= 0.6 is 24.0 Å². The second kappa shape index (κ2) is 11.3. The number of carbonyl (C=O) groups excluding carboxylic acids is 1. The van der Waals surface area contributed by atoms with Crippen LogP contribution in [0.4, 0.5) is 13.6 Å². The molecular weight excluding hydrogens is 469 g/mol. The van der Waals surface area contributed by atoms with E-state index in [0.29, 0.717) is 31.8 Å². The van der Waals surface area contributed by atoms with Crippen molar-refractivity contribution in [3.05, 3.63) is 35.4 Å². The minimum atomic E-state index is -0.600. The molecule has 0 aliphatic carbocycles. The Labute approximate surface area is 175 Å². The van der Waals surface area contributed by atoms with Crippen LogP contribution in [0.1, 0.15) is 38.2 Å². The molecule has 6 nitrogen and oxygen atoms in total. The lowest BCUT2D eigenvalue weighted by molar-refractivity contribution is 0.0963. The number of guanidine groups is 1. The van der Waals surface area contributed by atoms with E-state index >= 15 is 0 Å². The molecule has 0 radical (unpaired) electrons. The molecule has 3 N–H and O–H groups in total. The summed E-state index contributed by atoms with van der Waals surface area (Å²) in [7, 11) is 0. The molecule has 1 aliphatic rings. The van der Waals surface area contributed by atoms with Crippen LogP contribution in [-0.2, 0) is 4.74 Å². The number of likely N-dealkylation sites (tertiary alicyclic amines) is 1. The summed E-state index contributed by atoms with van der Waals surface area (Å²) in [5.41, 5.74) is 6.32. The average molecular weight is 496 g/mol. The summed E-state index contributed by atoms with van der Waals surface area (Å²) in [6.07, 6.45) is 1.21. The minimum Gasteiger partial charge on any atom is -0.450 e. The van der Waals surface area contributed by atoms with Gasteiger partial charge >= 0.3 is 6.09 Å². The smallest absolute Gasteiger partial charge is 0.409 e. The van der Waals surface area contributed by atoms with E-state index in [1.165, 1.54) is 12.1 Å². The largest absolute Gasteiger partial charge is 0.450 e. The van der Waals surface area contributed by atoms with Crippen LogP contribution in [-0.4, -0.2) is 49.2 Å². The first-order valence-electron chi connectivity index (χ1n) is 8.83. The van der Waals surface area contributed by atoms with Gasteiger partial charge in [-0.3, -0.25) is 4.99 Å². The number of rotatable bonds is 5. The van der Waals surface area contributed by atoms with Crippen molar-refractivity contribution >= 4 is 36.0 Å². The topological polar surface area (TPSA) is 80.0 Å². The SMILES string of the molecule is CCOC(=O)N1CCC(NC(N)=NCC(C)c2ccc(F)cc2F)CC1.I. The Balaban J connectivity index is 0.00000364. The summed E-state index contributed by atoms with van der Waals surface area (Å²) in [5, 5.41) is 3.14. The number of piperidine rings is 1. The van der Waals surface area contributed by atoms with E-state index in [1.54, 1.807) is 11.8 Å². The molecule has 1 amide bonds. The molecule has 9 heteroatoms. The van der Waals surface area contributed by atoms with Crippen LogP contribution in [0.15, 0.2) is 23.2 Å². The third-order valence-corrected chi connectivity index (χ3v) is 4.40.